The van der Waals surface area contributed by atoms with Crippen molar-refractivity contribution in [3.05, 3.63) is 66.4 Å². The average molecular weight is 390 g/mol. The number of anilines is 4. The summed E-state index contributed by atoms with van der Waals surface area (Å²) in [6.07, 6.45) is 1.67. The van der Waals surface area contributed by atoms with Crippen LogP contribution in [-0.2, 0) is 4.74 Å². The first kappa shape index (κ1) is 18.7. The molecule has 0 saturated carbocycles. The first-order valence-electron chi connectivity index (χ1n) is 9.43. The summed E-state index contributed by atoms with van der Waals surface area (Å²) >= 11 is 0. The third-order valence-corrected chi connectivity index (χ3v) is 4.81. The molecule has 0 bridgehead atoms. The summed E-state index contributed by atoms with van der Waals surface area (Å²) in [6, 6.07) is 17.4. The van der Waals surface area contributed by atoms with E-state index in [-0.39, 0.29) is 0 Å². The molecule has 3 aromatic rings. The lowest BCUT2D eigenvalue weighted by Gasteiger charge is -2.36. The van der Waals surface area contributed by atoms with E-state index in [1.165, 1.54) is 12.8 Å². The molecule has 0 unspecified atom stereocenters. The van der Waals surface area contributed by atoms with E-state index < -0.39 is 5.97 Å². The van der Waals surface area contributed by atoms with Crippen molar-refractivity contribution in [2.75, 3.05) is 48.4 Å². The van der Waals surface area contributed by atoms with Crippen molar-refractivity contribution in [1.82, 2.24) is 15.2 Å². The number of esters is 1. The standard InChI is InChI=1S/C21H22N6O2/c1-29-20(28)16-6-5-7-17(14-16)23-21-24-19(15-22-25-21)27-12-10-26(11-13-27)18-8-3-2-4-9-18/h2-9,14-15H,10-13H2,1H3,(H,23,24,25). The van der Waals surface area contributed by atoms with E-state index in [1.54, 1.807) is 24.4 Å². The second kappa shape index (κ2) is 8.55. The number of hydrogen-bond donors (Lipinski definition) is 1. The number of carbonyl (C=O) groups excluding carboxylic acids is 1. The van der Waals surface area contributed by atoms with Gasteiger partial charge in [0.15, 0.2) is 5.82 Å². The molecule has 0 radical (unpaired) electrons. The van der Waals surface area contributed by atoms with Crippen LogP contribution in [0, 0.1) is 0 Å². The van der Waals surface area contributed by atoms with Gasteiger partial charge in [0.05, 0.1) is 18.9 Å². The fourth-order valence-corrected chi connectivity index (χ4v) is 3.30. The Balaban J connectivity index is 1.42. The van der Waals surface area contributed by atoms with Gasteiger partial charge in [-0.3, -0.25) is 0 Å². The van der Waals surface area contributed by atoms with E-state index in [1.807, 2.05) is 12.1 Å². The van der Waals surface area contributed by atoms with Crippen LogP contribution in [0.2, 0.25) is 0 Å². The Bertz CT molecular complexity index is 974. The minimum Gasteiger partial charge on any atom is -0.465 e. The van der Waals surface area contributed by atoms with Crippen molar-refractivity contribution in [3.8, 4) is 0 Å². The van der Waals surface area contributed by atoms with Crippen LogP contribution < -0.4 is 15.1 Å². The number of piperazine rings is 1. The molecular formula is C21H22N6O2. The highest BCUT2D eigenvalue weighted by atomic mass is 16.5. The predicted molar refractivity (Wildman–Crippen MR) is 112 cm³/mol. The molecule has 8 heteroatoms. The molecule has 1 aliphatic rings. The molecule has 1 saturated heterocycles. The quantitative estimate of drug-likeness (QED) is 0.666. The molecule has 2 aromatic carbocycles. The average Bonchev–Trinajstić information content (AvgIpc) is 2.79. The zero-order chi connectivity index (χ0) is 20.1. The summed E-state index contributed by atoms with van der Waals surface area (Å²) in [5.41, 5.74) is 2.39. The first-order valence-corrected chi connectivity index (χ1v) is 9.43. The minimum absolute atomic E-state index is 0.384. The maximum Gasteiger partial charge on any atom is 0.337 e. The Morgan fingerprint density at radius 3 is 2.52 bits per heavy atom. The van der Waals surface area contributed by atoms with Crippen LogP contribution in [0.4, 0.5) is 23.1 Å². The molecule has 148 valence electrons. The number of carbonyl (C=O) groups is 1. The molecule has 8 nitrogen and oxygen atoms in total. The number of hydrogen-bond acceptors (Lipinski definition) is 8. The molecule has 1 N–H and O–H groups in total. The number of nitrogens with zero attached hydrogens (tertiary/aromatic N) is 5. The highest BCUT2D eigenvalue weighted by molar-refractivity contribution is 5.90. The monoisotopic (exact) mass is 390 g/mol. The van der Waals surface area contributed by atoms with Gasteiger partial charge in [-0.1, -0.05) is 24.3 Å². The minimum atomic E-state index is -0.391. The van der Waals surface area contributed by atoms with Crippen LogP contribution in [0.15, 0.2) is 60.8 Å². The van der Waals surface area contributed by atoms with Gasteiger partial charge in [-0.05, 0) is 30.3 Å². The van der Waals surface area contributed by atoms with E-state index in [9.17, 15) is 4.79 Å². The molecule has 0 amide bonds. The fraction of sp³-hybridized carbons (Fsp3) is 0.238. The SMILES string of the molecule is COC(=O)c1cccc(Nc2nncc(N3CCN(c4ccccc4)CC3)n2)c1. The molecule has 1 fully saturated rings. The molecule has 29 heavy (non-hydrogen) atoms. The predicted octanol–water partition coefficient (Wildman–Crippen LogP) is 2.73. The topological polar surface area (TPSA) is 83.5 Å². The van der Waals surface area contributed by atoms with Gasteiger partial charge in [-0.15, -0.1) is 5.10 Å². The molecule has 1 aromatic heterocycles. The van der Waals surface area contributed by atoms with Gasteiger partial charge in [-0.2, -0.15) is 10.1 Å². The molecule has 0 aliphatic carbocycles. The van der Waals surface area contributed by atoms with E-state index >= 15 is 0 Å². The van der Waals surface area contributed by atoms with Crippen LogP contribution >= 0.6 is 0 Å². The zero-order valence-corrected chi connectivity index (χ0v) is 16.2. The smallest absolute Gasteiger partial charge is 0.337 e. The lowest BCUT2D eigenvalue weighted by Crippen LogP contribution is -2.46. The van der Waals surface area contributed by atoms with Crippen molar-refractivity contribution >= 4 is 29.1 Å². The van der Waals surface area contributed by atoms with Gasteiger partial charge in [0.25, 0.3) is 0 Å². The van der Waals surface area contributed by atoms with Gasteiger partial charge in [0.1, 0.15) is 0 Å². The van der Waals surface area contributed by atoms with Gasteiger partial charge in [0, 0.05) is 37.6 Å². The number of para-hydroxylation sites is 1. The summed E-state index contributed by atoms with van der Waals surface area (Å²) in [5, 5.41) is 11.3. The Morgan fingerprint density at radius 2 is 1.76 bits per heavy atom. The highest BCUT2D eigenvalue weighted by Gasteiger charge is 2.19. The van der Waals surface area contributed by atoms with Crippen LogP contribution in [0.3, 0.4) is 0 Å². The maximum absolute atomic E-state index is 11.7. The summed E-state index contributed by atoms with van der Waals surface area (Å²) < 4.78 is 4.76. The summed E-state index contributed by atoms with van der Waals surface area (Å²) in [6.45, 7) is 3.53. The summed E-state index contributed by atoms with van der Waals surface area (Å²) in [5.74, 6) is 0.770. The summed E-state index contributed by atoms with van der Waals surface area (Å²) in [7, 11) is 1.36. The Morgan fingerprint density at radius 1 is 1.00 bits per heavy atom. The molecule has 2 heterocycles. The van der Waals surface area contributed by atoms with E-state index in [0.717, 1.165) is 32.0 Å². The third kappa shape index (κ3) is 4.43. The summed E-state index contributed by atoms with van der Waals surface area (Å²) in [4.78, 5) is 20.9. The second-order valence-corrected chi connectivity index (χ2v) is 6.65. The molecular weight excluding hydrogens is 368 g/mol. The lowest BCUT2D eigenvalue weighted by molar-refractivity contribution is 0.0601. The van der Waals surface area contributed by atoms with Gasteiger partial charge in [-0.25, -0.2) is 4.79 Å². The number of rotatable bonds is 5. The fourth-order valence-electron chi connectivity index (χ4n) is 3.30. The van der Waals surface area contributed by atoms with Crippen molar-refractivity contribution in [2.24, 2.45) is 0 Å². The largest absolute Gasteiger partial charge is 0.465 e. The third-order valence-electron chi connectivity index (χ3n) is 4.81. The first-order chi connectivity index (χ1) is 14.2. The van der Waals surface area contributed by atoms with Gasteiger partial charge in [0.2, 0.25) is 5.95 Å². The van der Waals surface area contributed by atoms with Crippen molar-refractivity contribution < 1.29 is 9.53 Å². The van der Waals surface area contributed by atoms with Crippen molar-refractivity contribution in [1.29, 1.82) is 0 Å². The van der Waals surface area contributed by atoms with E-state index in [2.05, 4.69) is 54.6 Å². The number of benzene rings is 2. The Labute approximate surface area is 169 Å². The maximum atomic E-state index is 11.7. The highest BCUT2D eigenvalue weighted by Crippen LogP contribution is 2.20. The van der Waals surface area contributed by atoms with Crippen molar-refractivity contribution in [2.45, 2.75) is 0 Å². The number of methoxy groups -OCH3 is 1. The zero-order valence-electron chi connectivity index (χ0n) is 16.2. The second-order valence-electron chi connectivity index (χ2n) is 6.65. The number of aromatic nitrogens is 3. The van der Waals surface area contributed by atoms with Gasteiger partial charge < -0.3 is 19.9 Å². The van der Waals surface area contributed by atoms with E-state index in [4.69, 9.17) is 4.74 Å². The lowest BCUT2D eigenvalue weighted by atomic mass is 10.2. The van der Waals surface area contributed by atoms with Crippen LogP contribution in [0.1, 0.15) is 10.4 Å². The number of ether oxygens (including phenoxy) is 1. The molecule has 0 spiro atoms. The van der Waals surface area contributed by atoms with Gasteiger partial charge >= 0.3 is 5.97 Å². The molecule has 1 aliphatic heterocycles. The van der Waals surface area contributed by atoms with Crippen LogP contribution in [0.5, 0.6) is 0 Å². The normalized spacial score (nSPS) is 13.8. The molecule has 0 atom stereocenters. The number of nitrogens with one attached hydrogen (secondary N) is 1. The Kier molecular flexibility index (Phi) is 5.51. The van der Waals surface area contributed by atoms with Crippen molar-refractivity contribution in [3.63, 3.8) is 0 Å². The van der Waals surface area contributed by atoms with Crippen LogP contribution in [0.25, 0.3) is 0 Å². The molecule has 4 rings (SSSR count). The van der Waals surface area contributed by atoms with Crippen LogP contribution in [-0.4, -0.2) is 54.4 Å². The Hall–Kier alpha value is -3.68. The van der Waals surface area contributed by atoms with E-state index in [0.29, 0.717) is 17.2 Å².